The molecule has 0 unspecified atom stereocenters. The van der Waals surface area contributed by atoms with Crippen molar-refractivity contribution in [3.05, 3.63) is 94.5 Å². The number of benzene rings is 3. The third kappa shape index (κ3) is 5.07. The van der Waals surface area contributed by atoms with E-state index in [2.05, 4.69) is 0 Å². The van der Waals surface area contributed by atoms with Crippen LogP contribution < -0.4 is 14.2 Å². The molecule has 152 valence electrons. The van der Waals surface area contributed by atoms with E-state index in [4.69, 9.17) is 25.8 Å². The number of carbonyl (C=O) groups is 2. The molecule has 0 aromatic heterocycles. The summed E-state index contributed by atoms with van der Waals surface area (Å²) in [6.45, 7) is 0. The van der Waals surface area contributed by atoms with Crippen molar-refractivity contribution in [3.8, 4) is 17.2 Å². The van der Waals surface area contributed by atoms with Gasteiger partial charge in [0.25, 0.3) is 0 Å². The van der Waals surface area contributed by atoms with Gasteiger partial charge in [0, 0.05) is 17.2 Å². The molecule has 0 heterocycles. The van der Waals surface area contributed by atoms with Crippen LogP contribution in [0.1, 0.15) is 26.3 Å². The molecule has 0 bridgehead atoms. The summed E-state index contributed by atoms with van der Waals surface area (Å²) in [4.78, 5) is 24.7. The summed E-state index contributed by atoms with van der Waals surface area (Å²) >= 11 is 6.01. The largest absolute Gasteiger partial charge is 0.497 e. The Kier molecular flexibility index (Phi) is 6.88. The zero-order chi connectivity index (χ0) is 21.5. The molecule has 0 spiro atoms. The molecular weight excluding hydrogens is 404 g/mol. The number of halogens is 1. The standard InChI is InChI=1S/C24H19ClO5/c1-28-19-13-9-17(23(15-19)29-2)10-14-22(26)16-7-11-18(12-8-16)30-24(27)20-5-3-4-6-21(20)25/h3-15H,1-2H3/b14-10+. The van der Waals surface area contributed by atoms with E-state index in [0.717, 1.165) is 5.56 Å². The maximum absolute atomic E-state index is 12.5. The highest BCUT2D eigenvalue weighted by atomic mass is 35.5. The molecule has 3 aromatic carbocycles. The molecule has 3 rings (SSSR count). The van der Waals surface area contributed by atoms with Crippen LogP contribution in [0.25, 0.3) is 6.08 Å². The van der Waals surface area contributed by atoms with Crippen molar-refractivity contribution in [3.63, 3.8) is 0 Å². The van der Waals surface area contributed by atoms with E-state index >= 15 is 0 Å². The van der Waals surface area contributed by atoms with Crippen LogP contribution in [-0.4, -0.2) is 26.0 Å². The van der Waals surface area contributed by atoms with Crippen molar-refractivity contribution in [1.29, 1.82) is 0 Å². The van der Waals surface area contributed by atoms with E-state index in [1.807, 2.05) is 0 Å². The van der Waals surface area contributed by atoms with Gasteiger partial charge in [-0.1, -0.05) is 23.7 Å². The van der Waals surface area contributed by atoms with Crippen LogP contribution in [0, 0.1) is 0 Å². The van der Waals surface area contributed by atoms with Crippen molar-refractivity contribution >= 4 is 29.4 Å². The van der Waals surface area contributed by atoms with Gasteiger partial charge in [-0.3, -0.25) is 4.79 Å². The fourth-order valence-electron chi connectivity index (χ4n) is 2.69. The number of ether oxygens (including phenoxy) is 3. The summed E-state index contributed by atoms with van der Waals surface area (Å²) in [6, 6.07) is 18.3. The van der Waals surface area contributed by atoms with Crippen molar-refractivity contribution < 1.29 is 23.8 Å². The Hall–Kier alpha value is -3.57. The normalized spacial score (nSPS) is 10.6. The quantitative estimate of drug-likeness (QED) is 0.218. The van der Waals surface area contributed by atoms with Crippen LogP contribution in [0.2, 0.25) is 5.02 Å². The molecule has 0 atom stereocenters. The highest BCUT2D eigenvalue weighted by Crippen LogP contribution is 2.26. The predicted molar refractivity (Wildman–Crippen MR) is 116 cm³/mol. The lowest BCUT2D eigenvalue weighted by Crippen LogP contribution is -2.09. The van der Waals surface area contributed by atoms with Gasteiger partial charge in [0.1, 0.15) is 17.2 Å². The second-order valence-corrected chi connectivity index (χ2v) is 6.61. The number of hydrogen-bond donors (Lipinski definition) is 0. The molecule has 0 saturated heterocycles. The summed E-state index contributed by atoms with van der Waals surface area (Å²) < 4.78 is 15.8. The number of methoxy groups -OCH3 is 2. The van der Waals surface area contributed by atoms with Gasteiger partial charge in [-0.05, 0) is 60.7 Å². The van der Waals surface area contributed by atoms with E-state index in [-0.39, 0.29) is 11.3 Å². The monoisotopic (exact) mass is 422 g/mol. The molecule has 0 amide bonds. The smallest absolute Gasteiger partial charge is 0.345 e. The first-order valence-corrected chi connectivity index (χ1v) is 9.41. The van der Waals surface area contributed by atoms with Crippen molar-refractivity contribution in [1.82, 2.24) is 0 Å². The average Bonchev–Trinajstić information content (AvgIpc) is 2.78. The summed E-state index contributed by atoms with van der Waals surface area (Å²) in [6.07, 6.45) is 3.13. The summed E-state index contributed by atoms with van der Waals surface area (Å²) in [7, 11) is 3.12. The number of ketones is 1. The lowest BCUT2D eigenvalue weighted by Gasteiger charge is -2.07. The van der Waals surface area contributed by atoms with Crippen molar-refractivity contribution in [2.24, 2.45) is 0 Å². The molecule has 0 N–H and O–H groups in total. The zero-order valence-electron chi connectivity index (χ0n) is 16.4. The lowest BCUT2D eigenvalue weighted by molar-refractivity contribution is 0.0735. The van der Waals surface area contributed by atoms with E-state index in [1.165, 1.54) is 6.08 Å². The van der Waals surface area contributed by atoms with Crippen molar-refractivity contribution in [2.75, 3.05) is 14.2 Å². The van der Waals surface area contributed by atoms with Gasteiger partial charge in [-0.15, -0.1) is 0 Å². The first-order chi connectivity index (χ1) is 14.5. The van der Waals surface area contributed by atoms with E-state index in [9.17, 15) is 9.59 Å². The Bertz CT molecular complexity index is 1090. The van der Waals surface area contributed by atoms with Gasteiger partial charge >= 0.3 is 5.97 Å². The minimum atomic E-state index is -0.564. The van der Waals surface area contributed by atoms with Gasteiger partial charge in [0.05, 0.1) is 24.8 Å². The zero-order valence-corrected chi connectivity index (χ0v) is 17.2. The second-order valence-electron chi connectivity index (χ2n) is 6.20. The van der Waals surface area contributed by atoms with Crippen LogP contribution in [0.4, 0.5) is 0 Å². The fourth-order valence-corrected chi connectivity index (χ4v) is 2.91. The van der Waals surface area contributed by atoms with E-state index in [0.29, 0.717) is 27.8 Å². The molecule has 30 heavy (non-hydrogen) atoms. The molecule has 6 heteroatoms. The van der Waals surface area contributed by atoms with Gasteiger partial charge in [0.2, 0.25) is 0 Å². The molecule has 0 radical (unpaired) electrons. The Morgan fingerprint density at radius 3 is 2.23 bits per heavy atom. The fraction of sp³-hybridized carbons (Fsp3) is 0.0833. The van der Waals surface area contributed by atoms with Gasteiger partial charge in [-0.25, -0.2) is 4.79 Å². The molecule has 5 nitrogen and oxygen atoms in total. The maximum atomic E-state index is 12.5. The summed E-state index contributed by atoms with van der Waals surface area (Å²) in [5.41, 5.74) is 1.48. The molecule has 0 aliphatic carbocycles. The topological polar surface area (TPSA) is 61.8 Å². The average molecular weight is 423 g/mol. The Morgan fingerprint density at radius 2 is 1.57 bits per heavy atom. The number of carbonyl (C=O) groups excluding carboxylic acids is 2. The predicted octanol–water partition coefficient (Wildman–Crippen LogP) is 5.47. The Balaban J connectivity index is 1.69. The van der Waals surface area contributed by atoms with Crippen LogP contribution in [0.15, 0.2) is 72.8 Å². The lowest BCUT2D eigenvalue weighted by atomic mass is 10.1. The Labute approximate surface area is 179 Å². The summed E-state index contributed by atoms with van der Waals surface area (Å²) in [5.74, 6) is 0.817. The van der Waals surface area contributed by atoms with Gasteiger partial charge in [-0.2, -0.15) is 0 Å². The highest BCUT2D eigenvalue weighted by Gasteiger charge is 2.12. The maximum Gasteiger partial charge on any atom is 0.345 e. The molecule has 0 aliphatic rings. The first kappa shape index (κ1) is 21.1. The number of rotatable bonds is 7. The van der Waals surface area contributed by atoms with Crippen molar-refractivity contribution in [2.45, 2.75) is 0 Å². The van der Waals surface area contributed by atoms with Crippen LogP contribution >= 0.6 is 11.6 Å². The van der Waals surface area contributed by atoms with Gasteiger partial charge < -0.3 is 14.2 Å². The molecule has 0 saturated carbocycles. The molecule has 0 aliphatic heterocycles. The number of hydrogen-bond acceptors (Lipinski definition) is 5. The number of esters is 1. The summed E-state index contributed by atoms with van der Waals surface area (Å²) in [5, 5.41) is 0.313. The van der Waals surface area contributed by atoms with E-state index < -0.39 is 5.97 Å². The van der Waals surface area contributed by atoms with Crippen LogP contribution in [0.3, 0.4) is 0 Å². The van der Waals surface area contributed by atoms with Gasteiger partial charge in [0.15, 0.2) is 5.78 Å². The first-order valence-electron chi connectivity index (χ1n) is 9.03. The van der Waals surface area contributed by atoms with E-state index in [1.54, 1.807) is 87.0 Å². The number of allylic oxidation sites excluding steroid dienone is 1. The highest BCUT2D eigenvalue weighted by molar-refractivity contribution is 6.33. The van der Waals surface area contributed by atoms with Crippen LogP contribution in [0.5, 0.6) is 17.2 Å². The second kappa shape index (κ2) is 9.76. The molecular formula is C24H19ClO5. The van der Waals surface area contributed by atoms with Crippen LogP contribution in [-0.2, 0) is 0 Å². The molecule has 3 aromatic rings. The minimum absolute atomic E-state index is 0.197. The SMILES string of the molecule is COc1ccc(/C=C/C(=O)c2ccc(OC(=O)c3ccccc3Cl)cc2)c(OC)c1. The molecule has 0 fully saturated rings. The third-order valence-electron chi connectivity index (χ3n) is 4.30. The third-order valence-corrected chi connectivity index (χ3v) is 4.63. The Morgan fingerprint density at radius 1 is 0.867 bits per heavy atom. The minimum Gasteiger partial charge on any atom is -0.497 e.